The lowest BCUT2D eigenvalue weighted by molar-refractivity contribution is 0.150. The normalized spacial score (nSPS) is 10.4. The minimum absolute atomic E-state index is 0.0903. The molecule has 0 atom stereocenters. The Morgan fingerprint density at radius 2 is 2.10 bits per heavy atom. The molecule has 0 aliphatic rings. The van der Waals surface area contributed by atoms with Crippen molar-refractivity contribution < 1.29 is 8.78 Å². The summed E-state index contributed by atoms with van der Waals surface area (Å²) >= 11 is 3.85. The highest BCUT2D eigenvalue weighted by Crippen LogP contribution is 2.19. The summed E-state index contributed by atoms with van der Waals surface area (Å²) in [6, 6.07) is 1.29. The molecule has 1 heterocycles. The second-order valence-corrected chi connectivity index (χ2v) is 2.29. The second-order valence-electron chi connectivity index (χ2n) is 1.78. The number of alkyl halides is 2. The standard InChI is InChI=1S/C6H5F2NS/c7-6(8)4-1-5(10)3-9-2-4/h1-3,6,10H. The Balaban J connectivity index is 2.96. The van der Waals surface area contributed by atoms with Gasteiger partial charge in [-0.3, -0.25) is 4.98 Å². The number of rotatable bonds is 1. The Bertz CT molecular complexity index is 227. The van der Waals surface area contributed by atoms with Gasteiger partial charge in [0.25, 0.3) is 6.43 Å². The minimum atomic E-state index is -2.46. The van der Waals surface area contributed by atoms with E-state index in [2.05, 4.69) is 17.6 Å². The lowest BCUT2D eigenvalue weighted by Crippen LogP contribution is -1.84. The van der Waals surface area contributed by atoms with Gasteiger partial charge in [0.05, 0.1) is 0 Å². The van der Waals surface area contributed by atoms with Crippen molar-refractivity contribution in [2.45, 2.75) is 11.3 Å². The van der Waals surface area contributed by atoms with Gasteiger partial charge < -0.3 is 0 Å². The zero-order chi connectivity index (χ0) is 7.56. The second kappa shape index (κ2) is 2.96. The fraction of sp³-hybridized carbons (Fsp3) is 0.167. The highest BCUT2D eigenvalue weighted by atomic mass is 32.1. The van der Waals surface area contributed by atoms with Crippen LogP contribution in [0.1, 0.15) is 12.0 Å². The molecule has 1 aromatic rings. The van der Waals surface area contributed by atoms with Gasteiger partial charge in [-0.25, -0.2) is 8.78 Å². The fourth-order valence-corrected chi connectivity index (χ4v) is 0.780. The summed E-state index contributed by atoms with van der Waals surface area (Å²) in [5, 5.41) is 0. The summed E-state index contributed by atoms with van der Waals surface area (Å²) in [6.07, 6.45) is 0.0823. The molecule has 0 bridgehead atoms. The molecule has 0 fully saturated rings. The number of hydrogen-bond acceptors (Lipinski definition) is 2. The molecule has 0 radical (unpaired) electrons. The number of pyridine rings is 1. The van der Waals surface area contributed by atoms with Crippen LogP contribution in [0.3, 0.4) is 0 Å². The van der Waals surface area contributed by atoms with Crippen LogP contribution in [0.4, 0.5) is 8.78 Å². The highest BCUT2D eigenvalue weighted by Gasteiger charge is 2.05. The first-order valence-electron chi connectivity index (χ1n) is 2.62. The topological polar surface area (TPSA) is 12.9 Å². The lowest BCUT2D eigenvalue weighted by atomic mass is 10.3. The predicted octanol–water partition coefficient (Wildman–Crippen LogP) is 2.31. The van der Waals surface area contributed by atoms with Crippen molar-refractivity contribution in [2.24, 2.45) is 0 Å². The summed E-state index contributed by atoms with van der Waals surface area (Å²) in [6.45, 7) is 0. The van der Waals surface area contributed by atoms with E-state index in [0.717, 1.165) is 6.20 Å². The van der Waals surface area contributed by atoms with Gasteiger partial charge in [-0.15, -0.1) is 12.6 Å². The van der Waals surface area contributed by atoms with Crippen LogP contribution < -0.4 is 0 Å². The zero-order valence-electron chi connectivity index (χ0n) is 4.96. The van der Waals surface area contributed by atoms with Crippen molar-refractivity contribution in [1.82, 2.24) is 4.98 Å². The summed E-state index contributed by atoms with van der Waals surface area (Å²) in [7, 11) is 0. The number of aromatic nitrogens is 1. The molecule has 0 spiro atoms. The van der Waals surface area contributed by atoms with Crippen LogP contribution in [0.5, 0.6) is 0 Å². The van der Waals surface area contributed by atoms with Crippen LogP contribution in [0.2, 0.25) is 0 Å². The van der Waals surface area contributed by atoms with Gasteiger partial charge in [-0.05, 0) is 6.07 Å². The maximum atomic E-state index is 11.9. The minimum Gasteiger partial charge on any atom is -0.263 e. The molecule has 4 heteroatoms. The first-order chi connectivity index (χ1) is 4.70. The van der Waals surface area contributed by atoms with Crippen molar-refractivity contribution in [1.29, 1.82) is 0 Å². The molecule has 1 rings (SSSR count). The maximum absolute atomic E-state index is 11.9. The number of hydrogen-bond donors (Lipinski definition) is 1. The Morgan fingerprint density at radius 3 is 2.50 bits per heavy atom. The Labute approximate surface area is 62.5 Å². The van der Waals surface area contributed by atoms with E-state index in [0.29, 0.717) is 4.90 Å². The molecule has 1 aromatic heterocycles. The van der Waals surface area contributed by atoms with E-state index < -0.39 is 6.43 Å². The molecule has 0 saturated carbocycles. The van der Waals surface area contributed by atoms with Crippen molar-refractivity contribution in [3.63, 3.8) is 0 Å². The average Bonchev–Trinajstić information content (AvgIpc) is 1.88. The summed E-state index contributed by atoms with van der Waals surface area (Å²) in [4.78, 5) is 4.01. The van der Waals surface area contributed by atoms with Crippen molar-refractivity contribution >= 4 is 12.6 Å². The molecule has 0 aliphatic carbocycles. The van der Waals surface area contributed by atoms with Crippen LogP contribution in [0, 0.1) is 0 Å². The number of halogens is 2. The van der Waals surface area contributed by atoms with Gasteiger partial charge in [0.2, 0.25) is 0 Å². The maximum Gasteiger partial charge on any atom is 0.265 e. The van der Waals surface area contributed by atoms with Gasteiger partial charge in [0.15, 0.2) is 0 Å². The Kier molecular flexibility index (Phi) is 2.21. The van der Waals surface area contributed by atoms with Crippen molar-refractivity contribution in [3.8, 4) is 0 Å². The summed E-state index contributed by atoms with van der Waals surface area (Å²) < 4.78 is 23.7. The zero-order valence-corrected chi connectivity index (χ0v) is 5.85. The van der Waals surface area contributed by atoms with Gasteiger partial charge in [0.1, 0.15) is 0 Å². The molecular weight excluding hydrogens is 156 g/mol. The monoisotopic (exact) mass is 161 g/mol. The quantitative estimate of drug-likeness (QED) is 0.623. The van der Waals surface area contributed by atoms with E-state index in [-0.39, 0.29) is 5.56 Å². The van der Waals surface area contributed by atoms with Crippen LogP contribution in [-0.4, -0.2) is 4.98 Å². The first kappa shape index (κ1) is 7.47. The molecule has 54 valence electrons. The van der Waals surface area contributed by atoms with Gasteiger partial charge in [0, 0.05) is 22.9 Å². The molecule has 0 N–H and O–H groups in total. The van der Waals surface area contributed by atoms with E-state index in [9.17, 15) is 8.78 Å². The van der Waals surface area contributed by atoms with E-state index >= 15 is 0 Å². The van der Waals surface area contributed by atoms with Crippen LogP contribution in [-0.2, 0) is 0 Å². The highest BCUT2D eigenvalue weighted by molar-refractivity contribution is 7.80. The molecular formula is C6H5F2NS. The molecule has 0 aliphatic heterocycles. The van der Waals surface area contributed by atoms with Crippen LogP contribution >= 0.6 is 12.6 Å². The third kappa shape index (κ3) is 1.67. The van der Waals surface area contributed by atoms with E-state index in [4.69, 9.17) is 0 Å². The summed E-state index contributed by atoms with van der Waals surface area (Å²) in [5.74, 6) is 0. The molecule has 10 heavy (non-hydrogen) atoms. The first-order valence-corrected chi connectivity index (χ1v) is 3.07. The van der Waals surface area contributed by atoms with Gasteiger partial charge >= 0.3 is 0 Å². The smallest absolute Gasteiger partial charge is 0.263 e. The number of nitrogens with zero attached hydrogens (tertiary/aromatic N) is 1. The van der Waals surface area contributed by atoms with Gasteiger partial charge in [-0.2, -0.15) is 0 Å². The molecule has 1 nitrogen and oxygen atoms in total. The third-order valence-corrected chi connectivity index (χ3v) is 1.24. The van der Waals surface area contributed by atoms with Gasteiger partial charge in [-0.1, -0.05) is 0 Å². The van der Waals surface area contributed by atoms with Crippen LogP contribution in [0.25, 0.3) is 0 Å². The van der Waals surface area contributed by atoms with Crippen molar-refractivity contribution in [3.05, 3.63) is 24.0 Å². The lowest BCUT2D eigenvalue weighted by Gasteiger charge is -1.97. The van der Waals surface area contributed by atoms with E-state index in [1.165, 1.54) is 12.3 Å². The molecule has 0 saturated heterocycles. The fourth-order valence-electron chi connectivity index (χ4n) is 0.564. The Hall–Kier alpha value is -0.640. The SMILES string of the molecule is FC(F)c1cncc(S)c1. The summed E-state index contributed by atoms with van der Waals surface area (Å²) in [5.41, 5.74) is -0.0903. The van der Waals surface area contributed by atoms with Crippen LogP contribution in [0.15, 0.2) is 23.4 Å². The van der Waals surface area contributed by atoms with E-state index in [1.54, 1.807) is 0 Å². The predicted molar refractivity (Wildman–Crippen MR) is 36.4 cm³/mol. The third-order valence-electron chi connectivity index (χ3n) is 0.997. The molecule has 0 aromatic carbocycles. The van der Waals surface area contributed by atoms with E-state index in [1.807, 2.05) is 0 Å². The molecule has 0 unspecified atom stereocenters. The van der Waals surface area contributed by atoms with Crippen molar-refractivity contribution in [2.75, 3.05) is 0 Å². The number of thiol groups is 1. The average molecular weight is 161 g/mol. The molecule has 0 amide bonds. The Morgan fingerprint density at radius 1 is 1.40 bits per heavy atom. The largest absolute Gasteiger partial charge is 0.265 e.